The quantitative estimate of drug-likeness (QED) is 0.564. The zero-order valence-electron chi connectivity index (χ0n) is 12.5. The van der Waals surface area contributed by atoms with Crippen LogP contribution in [0.25, 0.3) is 0 Å². The molecule has 0 saturated carbocycles. The van der Waals surface area contributed by atoms with Crippen LogP contribution in [0.5, 0.6) is 0 Å². The number of aromatic nitrogens is 1. The van der Waals surface area contributed by atoms with Gasteiger partial charge in [0.2, 0.25) is 0 Å². The van der Waals surface area contributed by atoms with Gasteiger partial charge in [-0.25, -0.2) is 18.1 Å². The molecule has 8 heteroatoms. The lowest BCUT2D eigenvalue weighted by molar-refractivity contribution is 0.0736. The summed E-state index contributed by atoms with van der Waals surface area (Å²) in [6.45, 7) is 4.95. The van der Waals surface area contributed by atoms with E-state index in [0.717, 1.165) is 12.1 Å². The summed E-state index contributed by atoms with van der Waals surface area (Å²) in [5.74, 6) is 0. The van der Waals surface area contributed by atoms with Gasteiger partial charge in [0.05, 0.1) is 19.8 Å². The predicted octanol–water partition coefficient (Wildman–Crippen LogP) is 0.132. The third kappa shape index (κ3) is 6.96. The number of hydrogen-bond donors (Lipinski definition) is 2. The van der Waals surface area contributed by atoms with Gasteiger partial charge in [-0.05, 0) is 18.2 Å². The fraction of sp³-hybridized carbons (Fsp3) is 0.615. The highest BCUT2D eigenvalue weighted by atomic mass is 32.2. The van der Waals surface area contributed by atoms with E-state index in [4.69, 9.17) is 9.47 Å². The molecule has 7 nitrogen and oxygen atoms in total. The molecule has 0 radical (unpaired) electrons. The molecule has 0 amide bonds. The van der Waals surface area contributed by atoms with Gasteiger partial charge in [0.1, 0.15) is 0 Å². The molecule has 0 bridgehead atoms. The number of ether oxygens (including phenoxy) is 2. The molecule has 0 aliphatic carbocycles. The Morgan fingerprint density at radius 1 is 1.24 bits per heavy atom. The number of methoxy groups -OCH3 is 1. The average molecular weight is 317 g/mol. The Kier molecular flexibility index (Phi) is 8.40. The summed E-state index contributed by atoms with van der Waals surface area (Å²) in [5.41, 5.74) is 0.943. The van der Waals surface area contributed by atoms with Gasteiger partial charge in [-0.3, -0.25) is 0 Å². The van der Waals surface area contributed by atoms with E-state index in [1.807, 2.05) is 6.92 Å². The lowest BCUT2D eigenvalue weighted by atomic mass is 10.3. The lowest BCUT2D eigenvalue weighted by Gasteiger charge is -2.07. The third-order valence-electron chi connectivity index (χ3n) is 2.62. The maximum absolute atomic E-state index is 12.0. The van der Waals surface area contributed by atoms with Crippen LogP contribution in [-0.4, -0.2) is 53.4 Å². The number of nitrogens with one attached hydrogen (secondary N) is 2. The van der Waals surface area contributed by atoms with Crippen LogP contribution in [0.15, 0.2) is 23.4 Å². The van der Waals surface area contributed by atoms with Crippen molar-refractivity contribution in [3.05, 3.63) is 23.9 Å². The third-order valence-corrected chi connectivity index (χ3v) is 4.00. The predicted molar refractivity (Wildman–Crippen MR) is 79.5 cm³/mol. The number of sulfonamides is 1. The minimum absolute atomic E-state index is 0.0136. The van der Waals surface area contributed by atoms with Gasteiger partial charge in [-0.2, -0.15) is 0 Å². The smallest absolute Gasteiger partial charge is 0.258 e. The van der Waals surface area contributed by atoms with Gasteiger partial charge < -0.3 is 14.8 Å². The van der Waals surface area contributed by atoms with Gasteiger partial charge in [0.15, 0.2) is 5.03 Å². The largest absolute Gasteiger partial charge is 0.382 e. The second-order valence-corrected chi connectivity index (χ2v) is 6.00. The Balaban J connectivity index is 2.42. The van der Waals surface area contributed by atoms with Crippen LogP contribution in [0.3, 0.4) is 0 Å². The lowest BCUT2D eigenvalue weighted by Crippen LogP contribution is -2.28. The first-order valence-corrected chi connectivity index (χ1v) is 8.30. The van der Waals surface area contributed by atoms with Crippen LogP contribution < -0.4 is 10.0 Å². The van der Waals surface area contributed by atoms with Crippen LogP contribution in [-0.2, 0) is 26.0 Å². The zero-order chi connectivity index (χ0) is 15.6. The normalized spacial score (nSPS) is 11.7. The van der Waals surface area contributed by atoms with Gasteiger partial charge in [-0.15, -0.1) is 0 Å². The fourth-order valence-corrected chi connectivity index (χ4v) is 2.45. The minimum Gasteiger partial charge on any atom is -0.382 e. The summed E-state index contributed by atoms with van der Waals surface area (Å²) in [6, 6.07) is 3.25. The molecule has 1 rings (SSSR count). The van der Waals surface area contributed by atoms with Crippen molar-refractivity contribution in [3.8, 4) is 0 Å². The Bertz CT molecular complexity index is 491. The maximum atomic E-state index is 12.0. The van der Waals surface area contributed by atoms with Crippen LogP contribution in [0.1, 0.15) is 12.5 Å². The molecule has 0 aliphatic rings. The number of pyridine rings is 1. The van der Waals surface area contributed by atoms with E-state index < -0.39 is 10.0 Å². The molecule has 0 aliphatic heterocycles. The monoisotopic (exact) mass is 317 g/mol. The highest BCUT2D eigenvalue weighted by Gasteiger charge is 2.14. The van der Waals surface area contributed by atoms with Crippen LogP contribution in [0, 0.1) is 0 Å². The fourth-order valence-electron chi connectivity index (χ4n) is 1.51. The second-order valence-electron chi connectivity index (χ2n) is 4.29. The molecule has 0 aromatic carbocycles. The van der Waals surface area contributed by atoms with Gasteiger partial charge in [-0.1, -0.05) is 13.0 Å². The van der Waals surface area contributed by atoms with E-state index in [0.29, 0.717) is 26.4 Å². The van der Waals surface area contributed by atoms with E-state index in [-0.39, 0.29) is 11.6 Å². The van der Waals surface area contributed by atoms with Crippen molar-refractivity contribution in [1.29, 1.82) is 0 Å². The molecule has 0 fully saturated rings. The summed E-state index contributed by atoms with van der Waals surface area (Å²) in [7, 11) is -2.00. The van der Waals surface area contributed by atoms with Crippen LogP contribution >= 0.6 is 0 Å². The van der Waals surface area contributed by atoms with Crippen molar-refractivity contribution in [2.45, 2.75) is 18.5 Å². The summed E-state index contributed by atoms with van der Waals surface area (Å²) in [4.78, 5) is 3.98. The summed E-state index contributed by atoms with van der Waals surface area (Å²) in [5, 5.41) is 3.16. The first kappa shape index (κ1) is 18.0. The van der Waals surface area contributed by atoms with E-state index in [1.54, 1.807) is 19.4 Å². The van der Waals surface area contributed by atoms with E-state index >= 15 is 0 Å². The van der Waals surface area contributed by atoms with Crippen LogP contribution in [0.4, 0.5) is 0 Å². The van der Waals surface area contributed by atoms with Gasteiger partial charge in [0, 0.05) is 26.4 Å². The van der Waals surface area contributed by atoms with E-state index in [2.05, 4.69) is 15.0 Å². The average Bonchev–Trinajstić information content (AvgIpc) is 2.49. The molecule has 0 unspecified atom stereocenters. The number of nitrogens with zero attached hydrogens (tertiary/aromatic N) is 1. The standard InChI is InChI=1S/C13H23N3O4S/c1-3-14-10-12-4-5-13(15-11-12)21(17,18)16-6-7-20-9-8-19-2/h4-5,11,14,16H,3,6-10H2,1-2H3. The highest BCUT2D eigenvalue weighted by molar-refractivity contribution is 7.89. The maximum Gasteiger partial charge on any atom is 0.258 e. The molecule has 0 spiro atoms. The van der Waals surface area contributed by atoms with Gasteiger partial charge >= 0.3 is 0 Å². The molecule has 1 heterocycles. The molecule has 0 atom stereocenters. The Hall–Kier alpha value is -1.06. The van der Waals surface area contributed by atoms with Crippen molar-refractivity contribution < 1.29 is 17.9 Å². The van der Waals surface area contributed by atoms with E-state index in [9.17, 15) is 8.42 Å². The summed E-state index contributed by atoms with van der Waals surface area (Å²) >= 11 is 0. The van der Waals surface area contributed by atoms with Crippen LogP contribution in [0.2, 0.25) is 0 Å². The molecule has 21 heavy (non-hydrogen) atoms. The minimum atomic E-state index is -3.58. The first-order valence-electron chi connectivity index (χ1n) is 6.82. The Morgan fingerprint density at radius 2 is 2.05 bits per heavy atom. The van der Waals surface area contributed by atoms with Crippen molar-refractivity contribution in [2.24, 2.45) is 0 Å². The molecule has 2 N–H and O–H groups in total. The Labute approximate surface area is 126 Å². The first-order chi connectivity index (χ1) is 10.1. The van der Waals surface area contributed by atoms with Crippen molar-refractivity contribution in [2.75, 3.05) is 40.0 Å². The number of rotatable bonds is 11. The summed E-state index contributed by atoms with van der Waals surface area (Å²) in [6.07, 6.45) is 1.56. The van der Waals surface area contributed by atoms with Crippen molar-refractivity contribution in [3.63, 3.8) is 0 Å². The summed E-state index contributed by atoms with van der Waals surface area (Å²) < 4.78 is 36.4. The van der Waals surface area contributed by atoms with Crippen molar-refractivity contribution >= 4 is 10.0 Å². The second kappa shape index (κ2) is 9.80. The zero-order valence-corrected chi connectivity index (χ0v) is 13.3. The molecule has 1 aromatic rings. The van der Waals surface area contributed by atoms with Crippen molar-refractivity contribution in [1.82, 2.24) is 15.0 Å². The highest BCUT2D eigenvalue weighted by Crippen LogP contribution is 2.06. The molecular formula is C13H23N3O4S. The molecule has 120 valence electrons. The van der Waals surface area contributed by atoms with E-state index in [1.165, 1.54) is 6.07 Å². The van der Waals surface area contributed by atoms with Gasteiger partial charge in [0.25, 0.3) is 10.0 Å². The number of hydrogen-bond acceptors (Lipinski definition) is 6. The Morgan fingerprint density at radius 3 is 2.67 bits per heavy atom. The SMILES string of the molecule is CCNCc1ccc(S(=O)(=O)NCCOCCOC)nc1. The topological polar surface area (TPSA) is 89.6 Å². The molecule has 1 aromatic heterocycles. The molecule has 0 saturated heterocycles. The molecular weight excluding hydrogens is 294 g/mol.